The van der Waals surface area contributed by atoms with Gasteiger partial charge in [0.25, 0.3) is 0 Å². The van der Waals surface area contributed by atoms with Crippen molar-refractivity contribution in [3.8, 4) is 0 Å². The van der Waals surface area contributed by atoms with Crippen molar-refractivity contribution in [2.24, 2.45) is 0 Å². The zero-order valence-electron chi connectivity index (χ0n) is 9.84. The minimum Gasteiger partial charge on any atom is -0.354 e. The van der Waals surface area contributed by atoms with E-state index in [0.717, 1.165) is 17.7 Å². The Labute approximate surface area is 102 Å². The van der Waals surface area contributed by atoms with E-state index >= 15 is 0 Å². The maximum atomic E-state index is 11.5. The molecule has 0 aromatic rings. The third-order valence-corrected chi connectivity index (χ3v) is 2.66. The maximum Gasteiger partial charge on any atom is 0.185 e. The van der Waals surface area contributed by atoms with E-state index in [1.54, 1.807) is 12.2 Å². The van der Waals surface area contributed by atoms with Crippen molar-refractivity contribution in [1.29, 1.82) is 0 Å². The van der Waals surface area contributed by atoms with Crippen LogP contribution in [0.5, 0.6) is 0 Å². The summed E-state index contributed by atoms with van der Waals surface area (Å²) in [7, 11) is 0. The van der Waals surface area contributed by atoms with Crippen LogP contribution in [0.15, 0.2) is 72.2 Å². The van der Waals surface area contributed by atoms with Crippen molar-refractivity contribution < 1.29 is 4.79 Å². The summed E-state index contributed by atoms with van der Waals surface area (Å²) in [6.45, 7) is 3.07. The Morgan fingerprint density at radius 3 is 2.41 bits per heavy atom. The number of carbonyl (C=O) groups is 1. The molecule has 0 saturated heterocycles. The minimum atomic E-state index is 0.0586. The molecular weight excluding hydrogens is 210 g/mol. The van der Waals surface area contributed by atoms with Crippen LogP contribution in [0.2, 0.25) is 0 Å². The quantitative estimate of drug-likeness (QED) is 0.673. The zero-order chi connectivity index (χ0) is 12.1. The fourth-order valence-corrected chi connectivity index (χ4v) is 1.60. The Hall–Kier alpha value is -2.09. The SMILES string of the molecule is CCN1C=CC(=C/C=C2\C=CC=CC2=O)C=C1. The molecule has 0 atom stereocenters. The second-order valence-corrected chi connectivity index (χ2v) is 3.83. The molecule has 1 aliphatic heterocycles. The van der Waals surface area contributed by atoms with E-state index in [1.165, 1.54) is 0 Å². The van der Waals surface area contributed by atoms with Crippen LogP contribution in [0.3, 0.4) is 0 Å². The van der Waals surface area contributed by atoms with Gasteiger partial charge >= 0.3 is 0 Å². The maximum absolute atomic E-state index is 11.5. The Kier molecular flexibility index (Phi) is 3.55. The van der Waals surface area contributed by atoms with Crippen molar-refractivity contribution in [2.75, 3.05) is 6.54 Å². The van der Waals surface area contributed by atoms with Gasteiger partial charge in [0.2, 0.25) is 0 Å². The van der Waals surface area contributed by atoms with Gasteiger partial charge in [-0.1, -0.05) is 30.4 Å². The van der Waals surface area contributed by atoms with Crippen molar-refractivity contribution >= 4 is 5.78 Å². The molecule has 0 N–H and O–H groups in total. The standard InChI is InChI=1S/C15H15NO/c1-2-16-11-9-13(10-12-16)7-8-14-5-3-4-6-15(14)17/h3-12H,2H2,1H3/b14-8+. The summed E-state index contributed by atoms with van der Waals surface area (Å²) in [6, 6.07) is 0. The van der Waals surface area contributed by atoms with Crippen molar-refractivity contribution in [3.05, 3.63) is 72.2 Å². The number of rotatable bonds is 2. The van der Waals surface area contributed by atoms with Gasteiger partial charge in [-0.05, 0) is 30.7 Å². The summed E-state index contributed by atoms with van der Waals surface area (Å²) in [5, 5.41) is 0. The highest BCUT2D eigenvalue weighted by atomic mass is 16.1. The van der Waals surface area contributed by atoms with Crippen LogP contribution in [-0.4, -0.2) is 17.2 Å². The fraction of sp³-hybridized carbons (Fsp3) is 0.133. The topological polar surface area (TPSA) is 20.3 Å². The predicted molar refractivity (Wildman–Crippen MR) is 70.1 cm³/mol. The molecule has 2 rings (SSSR count). The first-order valence-corrected chi connectivity index (χ1v) is 5.73. The Bertz CT molecular complexity index is 471. The number of hydrogen-bond acceptors (Lipinski definition) is 2. The molecule has 0 saturated carbocycles. The Balaban J connectivity index is 2.10. The van der Waals surface area contributed by atoms with E-state index in [-0.39, 0.29) is 5.78 Å². The van der Waals surface area contributed by atoms with Crippen LogP contribution in [0.4, 0.5) is 0 Å². The van der Waals surface area contributed by atoms with Crippen LogP contribution in [0, 0.1) is 0 Å². The molecule has 0 aromatic carbocycles. The second kappa shape index (κ2) is 5.30. The van der Waals surface area contributed by atoms with Crippen molar-refractivity contribution in [2.45, 2.75) is 6.92 Å². The lowest BCUT2D eigenvalue weighted by Gasteiger charge is -2.15. The third-order valence-electron chi connectivity index (χ3n) is 2.66. The molecule has 2 aliphatic rings. The summed E-state index contributed by atoms with van der Waals surface area (Å²) < 4.78 is 0. The van der Waals surface area contributed by atoms with E-state index in [9.17, 15) is 4.79 Å². The molecule has 2 heteroatoms. The van der Waals surface area contributed by atoms with Crippen LogP contribution in [0.1, 0.15) is 6.92 Å². The average Bonchev–Trinajstić information content (AvgIpc) is 2.38. The second-order valence-electron chi connectivity index (χ2n) is 3.83. The highest BCUT2D eigenvalue weighted by Gasteiger charge is 2.03. The van der Waals surface area contributed by atoms with Gasteiger partial charge in [0.05, 0.1) is 0 Å². The molecule has 0 amide bonds. The number of allylic oxidation sites excluding steroid dienone is 10. The summed E-state index contributed by atoms with van der Waals surface area (Å²) in [4.78, 5) is 13.6. The first kappa shape index (κ1) is 11.4. The normalized spacial score (nSPS) is 20.5. The average molecular weight is 225 g/mol. The van der Waals surface area contributed by atoms with Gasteiger partial charge in [-0.3, -0.25) is 4.79 Å². The van der Waals surface area contributed by atoms with Gasteiger partial charge in [0.1, 0.15) is 0 Å². The highest BCUT2D eigenvalue weighted by molar-refractivity contribution is 6.07. The molecule has 86 valence electrons. The Morgan fingerprint density at radius 1 is 1.06 bits per heavy atom. The fourth-order valence-electron chi connectivity index (χ4n) is 1.60. The van der Waals surface area contributed by atoms with Crippen LogP contribution in [0.25, 0.3) is 0 Å². The molecule has 0 radical (unpaired) electrons. The van der Waals surface area contributed by atoms with Crippen molar-refractivity contribution in [1.82, 2.24) is 4.90 Å². The van der Waals surface area contributed by atoms with E-state index in [4.69, 9.17) is 0 Å². The van der Waals surface area contributed by atoms with E-state index in [2.05, 4.69) is 11.8 Å². The van der Waals surface area contributed by atoms with Gasteiger partial charge in [0, 0.05) is 24.5 Å². The van der Waals surface area contributed by atoms with Crippen LogP contribution >= 0.6 is 0 Å². The number of hydrogen-bond donors (Lipinski definition) is 0. The molecular formula is C15H15NO. The van der Waals surface area contributed by atoms with Crippen molar-refractivity contribution in [3.63, 3.8) is 0 Å². The van der Waals surface area contributed by atoms with E-state index < -0.39 is 0 Å². The lowest BCUT2D eigenvalue weighted by Crippen LogP contribution is -2.10. The van der Waals surface area contributed by atoms with E-state index in [1.807, 2.05) is 48.9 Å². The Morgan fingerprint density at radius 2 is 1.76 bits per heavy atom. The summed E-state index contributed by atoms with van der Waals surface area (Å²) in [6.07, 6.45) is 19.0. The van der Waals surface area contributed by atoms with Gasteiger partial charge in [-0.15, -0.1) is 0 Å². The molecule has 0 bridgehead atoms. The summed E-state index contributed by atoms with van der Waals surface area (Å²) in [5.41, 5.74) is 1.82. The number of ketones is 1. The largest absolute Gasteiger partial charge is 0.354 e. The number of nitrogens with zero attached hydrogens (tertiary/aromatic N) is 1. The first-order chi connectivity index (χ1) is 8.29. The molecule has 2 nitrogen and oxygen atoms in total. The van der Waals surface area contributed by atoms with Crippen LogP contribution < -0.4 is 0 Å². The third kappa shape index (κ3) is 2.94. The van der Waals surface area contributed by atoms with Crippen LogP contribution in [-0.2, 0) is 4.79 Å². The lowest BCUT2D eigenvalue weighted by molar-refractivity contribution is -0.111. The van der Waals surface area contributed by atoms with E-state index in [0.29, 0.717) is 0 Å². The molecule has 1 heterocycles. The zero-order valence-corrected chi connectivity index (χ0v) is 9.84. The van der Waals surface area contributed by atoms with Gasteiger partial charge in [0.15, 0.2) is 5.78 Å². The lowest BCUT2D eigenvalue weighted by atomic mass is 10.0. The molecule has 1 aliphatic carbocycles. The molecule has 0 spiro atoms. The first-order valence-electron chi connectivity index (χ1n) is 5.73. The molecule has 17 heavy (non-hydrogen) atoms. The van der Waals surface area contributed by atoms with Gasteiger partial charge < -0.3 is 4.90 Å². The minimum absolute atomic E-state index is 0.0586. The van der Waals surface area contributed by atoms with Gasteiger partial charge in [-0.25, -0.2) is 0 Å². The smallest absolute Gasteiger partial charge is 0.185 e. The molecule has 0 fully saturated rings. The highest BCUT2D eigenvalue weighted by Crippen LogP contribution is 2.11. The molecule has 0 aromatic heterocycles. The molecule has 0 unspecified atom stereocenters. The predicted octanol–water partition coefficient (Wildman–Crippen LogP) is 2.90. The summed E-state index contributed by atoms with van der Waals surface area (Å²) >= 11 is 0. The summed E-state index contributed by atoms with van der Waals surface area (Å²) in [5.74, 6) is 0.0586. The monoisotopic (exact) mass is 225 g/mol. The van der Waals surface area contributed by atoms with Gasteiger partial charge in [-0.2, -0.15) is 0 Å². The number of carbonyl (C=O) groups excluding carboxylic acids is 1.